The van der Waals surface area contributed by atoms with Gasteiger partial charge in [-0.2, -0.15) is 0 Å². The van der Waals surface area contributed by atoms with E-state index in [9.17, 15) is 14.4 Å². The highest BCUT2D eigenvalue weighted by Crippen LogP contribution is 2.32. The standard InChI is InChI=1S/C23H22ClN3O3/c1-14(17-9-4-5-12-20(17)24)25-21(28)15-7-6-8-16(13-15)27-23(30)19-11-3-2-10-18(19)22(29)26-27/h2-9,12-14,18-19H,10-11H2,1H3,(H,25,28)(H,26,29). The number of halogens is 1. The second kappa shape index (κ2) is 8.32. The van der Waals surface area contributed by atoms with Crippen LogP contribution < -0.4 is 15.8 Å². The molecular weight excluding hydrogens is 402 g/mol. The van der Waals surface area contributed by atoms with Gasteiger partial charge in [0.1, 0.15) is 0 Å². The predicted molar refractivity (Wildman–Crippen MR) is 115 cm³/mol. The van der Waals surface area contributed by atoms with Gasteiger partial charge in [-0.15, -0.1) is 0 Å². The number of hydrogen-bond donors (Lipinski definition) is 2. The molecule has 4 rings (SSSR count). The Morgan fingerprint density at radius 3 is 2.60 bits per heavy atom. The number of allylic oxidation sites excluding steroid dienone is 2. The molecule has 7 heteroatoms. The van der Waals surface area contributed by atoms with Gasteiger partial charge in [-0.3, -0.25) is 19.8 Å². The van der Waals surface area contributed by atoms with Gasteiger partial charge in [-0.25, -0.2) is 5.01 Å². The Balaban J connectivity index is 1.53. The number of nitrogens with zero attached hydrogens (tertiary/aromatic N) is 1. The van der Waals surface area contributed by atoms with E-state index in [-0.39, 0.29) is 35.6 Å². The maximum Gasteiger partial charge on any atom is 0.251 e. The smallest absolute Gasteiger partial charge is 0.251 e. The Bertz CT molecular complexity index is 1040. The van der Waals surface area contributed by atoms with Crippen molar-refractivity contribution < 1.29 is 14.4 Å². The zero-order valence-electron chi connectivity index (χ0n) is 16.5. The quantitative estimate of drug-likeness (QED) is 0.734. The Labute approximate surface area is 179 Å². The lowest BCUT2D eigenvalue weighted by Gasteiger charge is -2.38. The monoisotopic (exact) mass is 423 g/mol. The van der Waals surface area contributed by atoms with Crippen molar-refractivity contribution in [1.29, 1.82) is 0 Å². The Morgan fingerprint density at radius 2 is 1.83 bits per heavy atom. The number of carbonyl (C=O) groups is 3. The zero-order chi connectivity index (χ0) is 21.3. The average molecular weight is 424 g/mol. The van der Waals surface area contributed by atoms with E-state index in [1.54, 1.807) is 30.3 Å². The second-order valence-electron chi connectivity index (χ2n) is 7.57. The molecule has 0 radical (unpaired) electrons. The molecule has 0 saturated carbocycles. The van der Waals surface area contributed by atoms with Gasteiger partial charge in [0.2, 0.25) is 11.8 Å². The summed E-state index contributed by atoms with van der Waals surface area (Å²) in [5, 5.41) is 4.77. The van der Waals surface area contributed by atoms with Crippen molar-refractivity contribution in [2.75, 3.05) is 5.01 Å². The number of nitrogens with one attached hydrogen (secondary N) is 2. The van der Waals surface area contributed by atoms with E-state index in [1.165, 1.54) is 5.01 Å². The maximum absolute atomic E-state index is 12.9. The Kier molecular flexibility index (Phi) is 5.59. The number of fused-ring (bicyclic) bond motifs is 1. The van der Waals surface area contributed by atoms with Crippen LogP contribution >= 0.6 is 11.6 Å². The lowest BCUT2D eigenvalue weighted by Crippen LogP contribution is -2.59. The molecule has 0 aromatic heterocycles. The van der Waals surface area contributed by atoms with Crippen molar-refractivity contribution in [1.82, 2.24) is 10.7 Å². The Hall–Kier alpha value is -3.12. The van der Waals surface area contributed by atoms with Crippen LogP contribution in [0.15, 0.2) is 60.7 Å². The van der Waals surface area contributed by atoms with Crippen LogP contribution in [0.3, 0.4) is 0 Å². The van der Waals surface area contributed by atoms with Crippen molar-refractivity contribution >= 4 is 35.0 Å². The van der Waals surface area contributed by atoms with E-state index in [4.69, 9.17) is 11.6 Å². The van der Waals surface area contributed by atoms with Crippen LogP contribution in [0.2, 0.25) is 5.02 Å². The van der Waals surface area contributed by atoms with E-state index < -0.39 is 0 Å². The molecule has 1 aliphatic heterocycles. The molecule has 0 spiro atoms. The summed E-state index contributed by atoms with van der Waals surface area (Å²) in [5.41, 5.74) is 4.35. The minimum atomic E-state index is -0.374. The molecule has 3 amide bonds. The molecule has 154 valence electrons. The van der Waals surface area contributed by atoms with Gasteiger partial charge in [0.15, 0.2) is 0 Å². The van der Waals surface area contributed by atoms with Gasteiger partial charge in [0.25, 0.3) is 5.91 Å². The number of rotatable bonds is 4. The van der Waals surface area contributed by atoms with Crippen LogP contribution in [0.5, 0.6) is 0 Å². The van der Waals surface area contributed by atoms with E-state index in [0.29, 0.717) is 29.1 Å². The fourth-order valence-electron chi connectivity index (χ4n) is 3.95. The van der Waals surface area contributed by atoms with Crippen molar-refractivity contribution in [3.05, 3.63) is 76.8 Å². The van der Waals surface area contributed by atoms with Crippen LogP contribution in [0.1, 0.15) is 41.7 Å². The van der Waals surface area contributed by atoms with Crippen molar-refractivity contribution in [2.45, 2.75) is 25.8 Å². The minimum absolute atomic E-state index is 0.161. The summed E-state index contributed by atoms with van der Waals surface area (Å²) >= 11 is 6.22. The number of hydrogen-bond acceptors (Lipinski definition) is 3. The summed E-state index contributed by atoms with van der Waals surface area (Å²) in [7, 11) is 0. The van der Waals surface area contributed by atoms with Crippen molar-refractivity contribution in [3.8, 4) is 0 Å². The highest BCUT2D eigenvalue weighted by Gasteiger charge is 2.42. The SMILES string of the molecule is CC(NC(=O)c1cccc(N2NC(=O)C3CC=CCC3C2=O)c1)c1ccccc1Cl. The Morgan fingerprint density at radius 1 is 1.10 bits per heavy atom. The molecule has 3 atom stereocenters. The largest absolute Gasteiger partial charge is 0.345 e. The second-order valence-corrected chi connectivity index (χ2v) is 7.98. The molecule has 1 heterocycles. The molecule has 1 aliphatic carbocycles. The summed E-state index contributed by atoms with van der Waals surface area (Å²) in [6.45, 7) is 1.86. The van der Waals surface area contributed by atoms with Gasteiger partial charge in [-0.05, 0) is 49.6 Å². The molecule has 1 fully saturated rings. The van der Waals surface area contributed by atoms with Gasteiger partial charge in [-0.1, -0.05) is 48.0 Å². The van der Waals surface area contributed by atoms with Crippen LogP contribution in [0, 0.1) is 11.8 Å². The van der Waals surface area contributed by atoms with Crippen LogP contribution in [0.4, 0.5) is 5.69 Å². The van der Waals surface area contributed by atoms with E-state index >= 15 is 0 Å². The summed E-state index contributed by atoms with van der Waals surface area (Å²) in [6.07, 6.45) is 4.99. The first kappa shape index (κ1) is 20.2. The van der Waals surface area contributed by atoms with Crippen molar-refractivity contribution in [2.24, 2.45) is 11.8 Å². The van der Waals surface area contributed by atoms with Crippen LogP contribution in [0.25, 0.3) is 0 Å². The summed E-state index contributed by atoms with van der Waals surface area (Å²) in [4.78, 5) is 38.2. The number of hydrazine groups is 1. The molecule has 3 unspecified atom stereocenters. The third-order valence-corrected chi connectivity index (χ3v) is 5.96. The zero-order valence-corrected chi connectivity index (χ0v) is 17.2. The topological polar surface area (TPSA) is 78.5 Å². The fourth-order valence-corrected chi connectivity index (χ4v) is 4.25. The highest BCUT2D eigenvalue weighted by atomic mass is 35.5. The molecule has 2 N–H and O–H groups in total. The van der Waals surface area contributed by atoms with E-state index in [0.717, 1.165) is 5.56 Å². The normalized spacial score (nSPS) is 21.6. The number of anilines is 1. The summed E-state index contributed by atoms with van der Waals surface area (Å²) in [5.74, 6) is -1.33. The first-order chi connectivity index (χ1) is 14.5. The van der Waals surface area contributed by atoms with Crippen LogP contribution in [-0.2, 0) is 9.59 Å². The molecule has 2 aromatic carbocycles. The van der Waals surface area contributed by atoms with Gasteiger partial charge < -0.3 is 5.32 Å². The molecule has 6 nitrogen and oxygen atoms in total. The third kappa shape index (κ3) is 3.83. The number of amides is 3. The van der Waals surface area contributed by atoms with Gasteiger partial charge in [0.05, 0.1) is 23.6 Å². The summed E-state index contributed by atoms with van der Waals surface area (Å²) in [6, 6.07) is 13.7. The molecule has 30 heavy (non-hydrogen) atoms. The van der Waals surface area contributed by atoms with Gasteiger partial charge >= 0.3 is 0 Å². The predicted octanol–water partition coefficient (Wildman–Crippen LogP) is 3.79. The van der Waals surface area contributed by atoms with Crippen LogP contribution in [-0.4, -0.2) is 17.7 Å². The third-order valence-electron chi connectivity index (χ3n) is 5.61. The molecular formula is C23H22ClN3O3. The molecule has 0 bridgehead atoms. The lowest BCUT2D eigenvalue weighted by atomic mass is 9.80. The summed E-state index contributed by atoms with van der Waals surface area (Å²) < 4.78 is 0. The van der Waals surface area contributed by atoms with Gasteiger partial charge in [0, 0.05) is 10.6 Å². The van der Waals surface area contributed by atoms with E-state index in [1.807, 2.05) is 37.3 Å². The number of benzene rings is 2. The first-order valence-corrected chi connectivity index (χ1v) is 10.3. The maximum atomic E-state index is 12.9. The first-order valence-electron chi connectivity index (χ1n) is 9.90. The highest BCUT2D eigenvalue weighted by molar-refractivity contribution is 6.31. The molecule has 2 aliphatic rings. The number of carbonyl (C=O) groups excluding carboxylic acids is 3. The molecule has 1 saturated heterocycles. The minimum Gasteiger partial charge on any atom is -0.345 e. The average Bonchev–Trinajstić information content (AvgIpc) is 2.76. The van der Waals surface area contributed by atoms with E-state index in [2.05, 4.69) is 10.7 Å². The van der Waals surface area contributed by atoms with Crippen molar-refractivity contribution in [3.63, 3.8) is 0 Å². The lowest BCUT2D eigenvalue weighted by molar-refractivity contribution is -0.139. The molecule has 2 aromatic rings. The fraction of sp³-hybridized carbons (Fsp3) is 0.261.